The highest BCUT2D eigenvalue weighted by atomic mass is 16.1. The molecule has 0 fully saturated rings. The van der Waals surface area contributed by atoms with E-state index in [1.807, 2.05) is 46.0 Å². The highest BCUT2D eigenvalue weighted by Gasteiger charge is 2.15. The third kappa shape index (κ3) is 4.06. The molecule has 7 nitrogen and oxygen atoms in total. The zero-order valence-corrected chi connectivity index (χ0v) is 17.7. The van der Waals surface area contributed by atoms with Crippen LogP contribution in [-0.4, -0.2) is 25.2 Å². The Kier molecular flexibility index (Phi) is 5.55. The molecule has 0 spiro atoms. The first-order valence-corrected chi connectivity index (χ1v) is 9.60. The van der Waals surface area contributed by atoms with Crippen molar-refractivity contribution in [2.45, 2.75) is 41.2 Å². The number of aromatic nitrogens is 4. The third-order valence-corrected chi connectivity index (χ3v) is 4.95. The van der Waals surface area contributed by atoms with E-state index in [1.165, 1.54) is 0 Å². The fraction of sp³-hybridized carbons (Fsp3) is 0.364. The molecule has 3 heterocycles. The SMILES string of the molecule is Cc1nn(C)c2ncc(NC(=O)/C(C#N)=C/c3cc(C)n(CC(C)C)c3C)cc12. The molecule has 0 atom stereocenters. The van der Waals surface area contributed by atoms with Crippen molar-refractivity contribution in [1.82, 2.24) is 19.3 Å². The van der Waals surface area contributed by atoms with Crippen LogP contribution in [0.2, 0.25) is 0 Å². The molecule has 150 valence electrons. The van der Waals surface area contributed by atoms with Crippen molar-refractivity contribution in [3.63, 3.8) is 0 Å². The van der Waals surface area contributed by atoms with E-state index >= 15 is 0 Å². The van der Waals surface area contributed by atoms with Crippen molar-refractivity contribution >= 4 is 28.7 Å². The highest BCUT2D eigenvalue weighted by Crippen LogP contribution is 2.22. The van der Waals surface area contributed by atoms with Crippen molar-refractivity contribution in [1.29, 1.82) is 5.26 Å². The largest absolute Gasteiger partial charge is 0.348 e. The second-order valence-corrected chi connectivity index (χ2v) is 7.76. The Labute approximate surface area is 170 Å². The molecule has 0 saturated carbocycles. The summed E-state index contributed by atoms with van der Waals surface area (Å²) >= 11 is 0. The lowest BCUT2D eigenvalue weighted by Crippen LogP contribution is -2.13. The van der Waals surface area contributed by atoms with E-state index in [0.717, 1.165) is 40.2 Å². The van der Waals surface area contributed by atoms with Gasteiger partial charge in [0.1, 0.15) is 11.6 Å². The summed E-state index contributed by atoms with van der Waals surface area (Å²) in [6.45, 7) is 11.2. The normalized spacial score (nSPS) is 11.9. The monoisotopic (exact) mass is 390 g/mol. The number of carbonyl (C=O) groups excluding carboxylic acids is 1. The summed E-state index contributed by atoms with van der Waals surface area (Å²) in [7, 11) is 1.83. The van der Waals surface area contributed by atoms with Crippen LogP contribution < -0.4 is 5.32 Å². The molecule has 3 aromatic rings. The van der Waals surface area contributed by atoms with Gasteiger partial charge in [0.25, 0.3) is 5.91 Å². The van der Waals surface area contributed by atoms with Crippen molar-refractivity contribution in [3.8, 4) is 6.07 Å². The van der Waals surface area contributed by atoms with E-state index in [1.54, 1.807) is 17.0 Å². The van der Waals surface area contributed by atoms with Crippen LogP contribution in [0, 0.1) is 38.0 Å². The highest BCUT2D eigenvalue weighted by molar-refractivity contribution is 6.10. The zero-order chi connectivity index (χ0) is 21.3. The molecule has 1 amide bonds. The molecular formula is C22H26N6O. The minimum atomic E-state index is -0.455. The predicted molar refractivity (Wildman–Crippen MR) is 114 cm³/mol. The molecule has 3 rings (SSSR count). The Hall–Kier alpha value is -3.40. The molecule has 0 radical (unpaired) electrons. The maximum absolute atomic E-state index is 12.7. The van der Waals surface area contributed by atoms with Gasteiger partial charge in [0, 0.05) is 30.4 Å². The second-order valence-electron chi connectivity index (χ2n) is 7.76. The van der Waals surface area contributed by atoms with Gasteiger partial charge in [-0.25, -0.2) is 4.98 Å². The number of hydrogen-bond acceptors (Lipinski definition) is 4. The summed E-state index contributed by atoms with van der Waals surface area (Å²) in [6, 6.07) is 5.86. The van der Waals surface area contributed by atoms with E-state index in [2.05, 4.69) is 33.8 Å². The van der Waals surface area contributed by atoms with Gasteiger partial charge < -0.3 is 9.88 Å². The molecule has 0 aliphatic rings. The third-order valence-electron chi connectivity index (χ3n) is 4.95. The fourth-order valence-electron chi connectivity index (χ4n) is 3.50. The smallest absolute Gasteiger partial charge is 0.266 e. The van der Waals surface area contributed by atoms with E-state index in [4.69, 9.17) is 0 Å². The molecule has 1 N–H and O–H groups in total. The number of nitrogens with zero attached hydrogens (tertiary/aromatic N) is 5. The molecule has 0 bridgehead atoms. The van der Waals surface area contributed by atoms with Crippen molar-refractivity contribution in [3.05, 3.63) is 46.5 Å². The summed E-state index contributed by atoms with van der Waals surface area (Å²) in [5.74, 6) is 0.0533. The zero-order valence-electron chi connectivity index (χ0n) is 17.7. The summed E-state index contributed by atoms with van der Waals surface area (Å²) in [5, 5.41) is 17.5. The Bertz CT molecular complexity index is 1160. The first kappa shape index (κ1) is 20.3. The number of rotatable bonds is 5. The average molecular weight is 390 g/mol. The molecule has 0 aliphatic carbocycles. The predicted octanol–water partition coefficient (Wildman–Crippen LogP) is 3.90. The minimum absolute atomic E-state index is 0.0535. The summed E-state index contributed by atoms with van der Waals surface area (Å²) in [4.78, 5) is 17.1. The molecule has 0 unspecified atom stereocenters. The van der Waals surface area contributed by atoms with E-state index in [9.17, 15) is 10.1 Å². The van der Waals surface area contributed by atoms with Gasteiger partial charge in [0.15, 0.2) is 5.65 Å². The topological polar surface area (TPSA) is 88.5 Å². The Morgan fingerprint density at radius 3 is 2.69 bits per heavy atom. The number of fused-ring (bicyclic) bond motifs is 1. The Balaban J connectivity index is 1.88. The number of carbonyl (C=O) groups is 1. The summed E-state index contributed by atoms with van der Waals surface area (Å²) in [6.07, 6.45) is 3.22. The van der Waals surface area contributed by atoms with Crippen LogP contribution >= 0.6 is 0 Å². The lowest BCUT2D eigenvalue weighted by Gasteiger charge is -2.12. The van der Waals surface area contributed by atoms with Gasteiger partial charge in [-0.15, -0.1) is 0 Å². The number of hydrogen-bond donors (Lipinski definition) is 1. The Morgan fingerprint density at radius 2 is 2.03 bits per heavy atom. The number of pyridine rings is 1. The number of amides is 1. The van der Waals surface area contributed by atoms with Gasteiger partial charge in [-0.1, -0.05) is 13.8 Å². The molecule has 7 heteroatoms. The lowest BCUT2D eigenvalue weighted by atomic mass is 10.1. The van der Waals surface area contributed by atoms with Crippen LogP contribution in [0.3, 0.4) is 0 Å². The van der Waals surface area contributed by atoms with Crippen molar-refractivity contribution < 1.29 is 4.79 Å². The van der Waals surface area contributed by atoms with E-state index < -0.39 is 5.91 Å². The van der Waals surface area contributed by atoms with Crippen LogP contribution in [0.1, 0.15) is 36.5 Å². The van der Waals surface area contributed by atoms with Crippen molar-refractivity contribution in [2.24, 2.45) is 13.0 Å². The number of aryl methyl sites for hydroxylation is 3. The summed E-state index contributed by atoms with van der Waals surface area (Å²) < 4.78 is 3.91. The van der Waals surface area contributed by atoms with Crippen LogP contribution in [0.4, 0.5) is 5.69 Å². The van der Waals surface area contributed by atoms with Crippen LogP contribution in [-0.2, 0) is 18.4 Å². The first-order chi connectivity index (χ1) is 13.7. The number of nitrogens with one attached hydrogen (secondary N) is 1. The fourth-order valence-corrected chi connectivity index (χ4v) is 3.50. The molecule has 29 heavy (non-hydrogen) atoms. The molecule has 0 aliphatic heterocycles. The maximum Gasteiger partial charge on any atom is 0.266 e. The van der Waals surface area contributed by atoms with Gasteiger partial charge in [-0.3, -0.25) is 9.48 Å². The second kappa shape index (κ2) is 7.92. The van der Waals surface area contributed by atoms with Gasteiger partial charge in [0.05, 0.1) is 17.6 Å². The first-order valence-electron chi connectivity index (χ1n) is 9.60. The van der Waals surface area contributed by atoms with Gasteiger partial charge in [0.2, 0.25) is 0 Å². The minimum Gasteiger partial charge on any atom is -0.348 e. The maximum atomic E-state index is 12.7. The lowest BCUT2D eigenvalue weighted by molar-refractivity contribution is -0.112. The number of anilines is 1. The van der Waals surface area contributed by atoms with Gasteiger partial charge in [-0.05, 0) is 50.5 Å². The standard InChI is InChI=1S/C22H26N6O/c1-13(2)12-28-14(3)7-17(16(28)5)8-18(10-23)22(29)25-19-9-20-15(4)26-27(6)21(20)24-11-19/h7-9,11,13H,12H2,1-6H3,(H,25,29)/b18-8+. The van der Waals surface area contributed by atoms with Gasteiger partial charge >= 0.3 is 0 Å². The molecule has 0 aromatic carbocycles. The molecule has 0 saturated heterocycles. The molecular weight excluding hydrogens is 364 g/mol. The molecule has 3 aromatic heterocycles. The number of nitriles is 1. The van der Waals surface area contributed by atoms with Crippen molar-refractivity contribution in [2.75, 3.05) is 5.32 Å². The van der Waals surface area contributed by atoms with Crippen LogP contribution in [0.25, 0.3) is 17.1 Å². The quantitative estimate of drug-likeness (QED) is 0.529. The van der Waals surface area contributed by atoms with E-state index in [0.29, 0.717) is 11.6 Å². The van der Waals surface area contributed by atoms with E-state index in [-0.39, 0.29) is 5.57 Å². The van der Waals surface area contributed by atoms with Crippen LogP contribution in [0.5, 0.6) is 0 Å². The Morgan fingerprint density at radius 1 is 1.31 bits per heavy atom. The summed E-state index contributed by atoms with van der Waals surface area (Å²) in [5.41, 5.74) is 5.20. The van der Waals surface area contributed by atoms with Gasteiger partial charge in [-0.2, -0.15) is 10.4 Å². The average Bonchev–Trinajstić information content (AvgIpc) is 3.09. The van der Waals surface area contributed by atoms with Crippen LogP contribution in [0.15, 0.2) is 23.9 Å².